The van der Waals surface area contributed by atoms with E-state index in [0.29, 0.717) is 30.7 Å². The Labute approximate surface area is 169 Å². The molecule has 2 N–H and O–H groups in total. The first kappa shape index (κ1) is 20.5. The van der Waals surface area contributed by atoms with Crippen LogP contribution in [-0.2, 0) is 11.2 Å². The van der Waals surface area contributed by atoms with Crippen molar-refractivity contribution < 1.29 is 14.6 Å². The molecule has 2 aromatic rings. The Morgan fingerprint density at radius 2 is 2.14 bits per heavy atom. The fraction of sp³-hybridized carbons (Fsp3) is 0.526. The zero-order valence-corrected chi connectivity index (χ0v) is 17.3. The van der Waals surface area contributed by atoms with E-state index in [1.54, 1.807) is 37.5 Å². The number of morpholine rings is 1. The summed E-state index contributed by atoms with van der Waals surface area (Å²) in [6, 6.07) is 5.82. The van der Waals surface area contributed by atoms with E-state index in [1.807, 2.05) is 6.07 Å². The zero-order chi connectivity index (χ0) is 20.0. The second-order valence-corrected chi connectivity index (χ2v) is 8.29. The molecule has 0 bridgehead atoms. The molecule has 1 fully saturated rings. The summed E-state index contributed by atoms with van der Waals surface area (Å²) in [7, 11) is 0. The van der Waals surface area contributed by atoms with E-state index in [0.717, 1.165) is 24.5 Å². The number of nitrogens with zero attached hydrogens (tertiary/aromatic N) is 4. The van der Waals surface area contributed by atoms with E-state index >= 15 is 0 Å². The number of thiophene rings is 1. The van der Waals surface area contributed by atoms with E-state index in [9.17, 15) is 5.11 Å². The van der Waals surface area contributed by atoms with Crippen molar-refractivity contribution in [1.29, 1.82) is 0 Å². The highest BCUT2D eigenvalue weighted by Crippen LogP contribution is 2.22. The summed E-state index contributed by atoms with van der Waals surface area (Å²) >= 11 is 1.68. The van der Waals surface area contributed by atoms with Gasteiger partial charge in [0.15, 0.2) is 0 Å². The number of aryl methyl sites for hydroxylation is 1. The zero-order valence-electron chi connectivity index (χ0n) is 16.5. The Balaban J connectivity index is 1.76. The van der Waals surface area contributed by atoms with Crippen LogP contribution in [-0.4, -0.2) is 59.8 Å². The molecule has 28 heavy (non-hydrogen) atoms. The summed E-state index contributed by atoms with van der Waals surface area (Å²) in [6.07, 6.45) is 2.65. The molecular formula is C19H27N5O3S. The number of rotatable bonds is 8. The fourth-order valence-electron chi connectivity index (χ4n) is 2.52. The summed E-state index contributed by atoms with van der Waals surface area (Å²) in [5, 5.41) is 15.2. The van der Waals surface area contributed by atoms with Gasteiger partial charge in [-0.1, -0.05) is 6.92 Å². The predicted octanol–water partition coefficient (Wildman–Crippen LogP) is 2.53. The molecule has 1 aliphatic rings. The summed E-state index contributed by atoms with van der Waals surface area (Å²) in [4.78, 5) is 12.4. The largest absolute Gasteiger partial charge is 0.474 e. The molecule has 0 atom stereocenters. The minimum Gasteiger partial charge on any atom is -0.474 e. The van der Waals surface area contributed by atoms with Gasteiger partial charge in [-0.15, -0.1) is 11.3 Å². The minimum atomic E-state index is -0.948. The first-order chi connectivity index (χ1) is 13.4. The molecule has 0 spiro atoms. The monoisotopic (exact) mass is 405 g/mol. The van der Waals surface area contributed by atoms with Crippen molar-refractivity contribution in [3.05, 3.63) is 28.8 Å². The highest BCUT2D eigenvalue weighted by molar-refractivity contribution is 7.16. The highest BCUT2D eigenvalue weighted by atomic mass is 32.1. The molecule has 8 nitrogen and oxygen atoms in total. The van der Waals surface area contributed by atoms with Crippen molar-refractivity contribution in [2.24, 2.45) is 5.10 Å². The fourth-order valence-corrected chi connectivity index (χ4v) is 3.31. The summed E-state index contributed by atoms with van der Waals surface area (Å²) in [6.45, 7) is 8.36. The Hall–Kier alpha value is -2.23. The van der Waals surface area contributed by atoms with Gasteiger partial charge < -0.3 is 19.5 Å². The van der Waals surface area contributed by atoms with Gasteiger partial charge in [0.2, 0.25) is 11.8 Å². The SMILES string of the molecule is CCc1ccc(N/N=C/c2cc(OCC(C)(C)O)nc(N3CCOCC3)n2)s1. The second kappa shape index (κ2) is 9.31. The van der Waals surface area contributed by atoms with Gasteiger partial charge >= 0.3 is 0 Å². The van der Waals surface area contributed by atoms with Crippen LogP contribution in [0.25, 0.3) is 0 Å². The van der Waals surface area contributed by atoms with Crippen LogP contribution in [0.2, 0.25) is 0 Å². The second-order valence-electron chi connectivity index (χ2n) is 7.12. The van der Waals surface area contributed by atoms with Crippen molar-refractivity contribution in [3.63, 3.8) is 0 Å². The first-order valence-electron chi connectivity index (χ1n) is 9.38. The molecule has 9 heteroatoms. The van der Waals surface area contributed by atoms with Crippen LogP contribution < -0.4 is 15.1 Å². The molecule has 0 aliphatic carbocycles. The van der Waals surface area contributed by atoms with Crippen molar-refractivity contribution in [3.8, 4) is 5.88 Å². The van der Waals surface area contributed by atoms with Crippen LogP contribution in [0.4, 0.5) is 10.9 Å². The number of hydrazone groups is 1. The normalized spacial score (nSPS) is 15.2. The maximum atomic E-state index is 9.93. The van der Waals surface area contributed by atoms with Gasteiger partial charge in [0.25, 0.3) is 0 Å². The van der Waals surface area contributed by atoms with E-state index in [4.69, 9.17) is 9.47 Å². The van der Waals surface area contributed by atoms with Gasteiger partial charge in [0.05, 0.1) is 30.7 Å². The number of anilines is 2. The third kappa shape index (κ3) is 6.15. The Morgan fingerprint density at radius 1 is 1.36 bits per heavy atom. The van der Waals surface area contributed by atoms with Crippen LogP contribution in [0.15, 0.2) is 23.3 Å². The van der Waals surface area contributed by atoms with E-state index < -0.39 is 5.60 Å². The lowest BCUT2D eigenvalue weighted by atomic mass is 10.2. The summed E-state index contributed by atoms with van der Waals surface area (Å²) in [5.74, 6) is 0.979. The third-order valence-corrected chi connectivity index (χ3v) is 5.09. The van der Waals surface area contributed by atoms with Gasteiger partial charge in [0.1, 0.15) is 11.6 Å². The Kier molecular flexibility index (Phi) is 6.82. The maximum Gasteiger partial charge on any atom is 0.229 e. The van der Waals surface area contributed by atoms with E-state index in [-0.39, 0.29) is 6.61 Å². The standard InChI is InChI=1S/C19H27N5O3S/c1-4-15-5-6-17(28-15)23-20-12-14-11-16(27-13-19(2,3)25)22-18(21-14)24-7-9-26-10-8-24/h5-6,11-12,23,25H,4,7-10,13H2,1-3H3/b20-12+. The number of nitrogens with one attached hydrogen (secondary N) is 1. The summed E-state index contributed by atoms with van der Waals surface area (Å²) in [5.41, 5.74) is 2.71. The average molecular weight is 406 g/mol. The number of aromatic nitrogens is 2. The van der Waals surface area contributed by atoms with Crippen LogP contribution in [0, 0.1) is 0 Å². The molecule has 3 rings (SSSR count). The van der Waals surface area contributed by atoms with Crippen molar-refractivity contribution in [2.75, 3.05) is 43.2 Å². The minimum absolute atomic E-state index is 0.135. The number of hydrogen-bond donors (Lipinski definition) is 2. The highest BCUT2D eigenvalue weighted by Gasteiger charge is 2.18. The smallest absolute Gasteiger partial charge is 0.229 e. The number of hydrogen-bond acceptors (Lipinski definition) is 9. The Bertz CT molecular complexity index is 797. The number of ether oxygens (including phenoxy) is 2. The molecule has 0 aromatic carbocycles. The quantitative estimate of drug-likeness (QED) is 0.515. The molecule has 152 valence electrons. The summed E-state index contributed by atoms with van der Waals surface area (Å²) < 4.78 is 11.1. The van der Waals surface area contributed by atoms with Crippen molar-refractivity contribution in [2.45, 2.75) is 32.8 Å². The van der Waals surface area contributed by atoms with Gasteiger partial charge in [0, 0.05) is 24.0 Å². The number of aliphatic hydroxyl groups is 1. The molecule has 1 aliphatic heterocycles. The lowest BCUT2D eigenvalue weighted by Gasteiger charge is -2.27. The molecule has 0 unspecified atom stereocenters. The lowest BCUT2D eigenvalue weighted by molar-refractivity contribution is 0.0268. The van der Waals surface area contributed by atoms with Crippen LogP contribution in [0.5, 0.6) is 5.88 Å². The third-order valence-electron chi connectivity index (χ3n) is 3.96. The molecule has 3 heterocycles. The topological polar surface area (TPSA) is 92.1 Å². The molecule has 0 saturated carbocycles. The Morgan fingerprint density at radius 3 is 2.82 bits per heavy atom. The predicted molar refractivity (Wildman–Crippen MR) is 112 cm³/mol. The van der Waals surface area contributed by atoms with Gasteiger partial charge in [-0.05, 0) is 32.4 Å². The van der Waals surface area contributed by atoms with E-state index in [2.05, 4.69) is 38.4 Å². The molecular weight excluding hydrogens is 378 g/mol. The van der Waals surface area contributed by atoms with Gasteiger partial charge in [-0.3, -0.25) is 5.43 Å². The van der Waals surface area contributed by atoms with E-state index in [1.165, 1.54) is 4.88 Å². The van der Waals surface area contributed by atoms with Gasteiger partial charge in [-0.25, -0.2) is 4.98 Å². The molecule has 1 saturated heterocycles. The maximum absolute atomic E-state index is 9.93. The molecule has 2 aromatic heterocycles. The van der Waals surface area contributed by atoms with Gasteiger partial charge in [-0.2, -0.15) is 10.1 Å². The van der Waals surface area contributed by atoms with Crippen LogP contribution in [0.1, 0.15) is 31.3 Å². The first-order valence-corrected chi connectivity index (χ1v) is 10.2. The van der Waals surface area contributed by atoms with Crippen molar-refractivity contribution >= 4 is 28.5 Å². The lowest BCUT2D eigenvalue weighted by Crippen LogP contribution is -2.37. The average Bonchev–Trinajstić information content (AvgIpc) is 3.14. The van der Waals surface area contributed by atoms with Crippen LogP contribution >= 0.6 is 11.3 Å². The van der Waals surface area contributed by atoms with Crippen molar-refractivity contribution in [1.82, 2.24) is 9.97 Å². The molecule has 0 amide bonds. The van der Waals surface area contributed by atoms with Crippen LogP contribution in [0.3, 0.4) is 0 Å². The molecule has 0 radical (unpaired) electrons.